The maximum absolute atomic E-state index is 13.8. The number of halogens is 2. The Kier molecular flexibility index (Phi) is 3.92. The predicted molar refractivity (Wildman–Crippen MR) is 81.6 cm³/mol. The van der Waals surface area contributed by atoms with Crippen molar-refractivity contribution in [2.24, 2.45) is 0 Å². The van der Waals surface area contributed by atoms with Crippen LogP contribution in [0.4, 0.5) is 14.5 Å². The van der Waals surface area contributed by atoms with Gasteiger partial charge in [0.05, 0.1) is 11.1 Å². The number of hydrogen-bond donors (Lipinski definition) is 1. The van der Waals surface area contributed by atoms with E-state index in [2.05, 4.69) is 5.32 Å². The van der Waals surface area contributed by atoms with Gasteiger partial charge in [-0.15, -0.1) is 0 Å². The van der Waals surface area contributed by atoms with Gasteiger partial charge in [0.15, 0.2) is 0 Å². The number of carbonyl (C=O) groups excluding carboxylic acids is 1. The Balaban J connectivity index is 1.93. The standard InChI is InChI=1S/C18H17F2NO/c19-14-8-9-15(20)16(12-14)21-17(22)18(10-4-5-11-18)13-6-2-1-3-7-13/h1-3,6-9,12H,4-5,10-11H2,(H,21,22). The molecule has 0 aromatic heterocycles. The predicted octanol–water partition coefficient (Wildman–Crippen LogP) is 4.42. The molecule has 22 heavy (non-hydrogen) atoms. The van der Waals surface area contributed by atoms with E-state index in [4.69, 9.17) is 0 Å². The quantitative estimate of drug-likeness (QED) is 0.893. The van der Waals surface area contributed by atoms with Gasteiger partial charge in [-0.05, 0) is 30.5 Å². The fourth-order valence-electron chi connectivity index (χ4n) is 3.22. The van der Waals surface area contributed by atoms with E-state index in [1.807, 2.05) is 30.3 Å². The Bertz CT molecular complexity index is 679. The monoisotopic (exact) mass is 301 g/mol. The number of carbonyl (C=O) groups is 1. The molecule has 0 bridgehead atoms. The van der Waals surface area contributed by atoms with Crippen LogP contribution < -0.4 is 5.32 Å². The van der Waals surface area contributed by atoms with Crippen LogP contribution in [0, 0.1) is 11.6 Å². The van der Waals surface area contributed by atoms with Crippen LogP contribution in [0.5, 0.6) is 0 Å². The average molecular weight is 301 g/mol. The molecule has 0 atom stereocenters. The molecule has 1 saturated carbocycles. The lowest BCUT2D eigenvalue weighted by Crippen LogP contribution is -2.38. The average Bonchev–Trinajstić information content (AvgIpc) is 3.03. The van der Waals surface area contributed by atoms with Gasteiger partial charge < -0.3 is 5.32 Å². The van der Waals surface area contributed by atoms with Crippen LogP contribution in [-0.2, 0) is 10.2 Å². The van der Waals surface area contributed by atoms with Gasteiger partial charge in [-0.25, -0.2) is 8.78 Å². The molecule has 1 N–H and O–H groups in total. The van der Waals surface area contributed by atoms with Gasteiger partial charge in [-0.2, -0.15) is 0 Å². The summed E-state index contributed by atoms with van der Waals surface area (Å²) in [7, 11) is 0. The smallest absolute Gasteiger partial charge is 0.235 e. The van der Waals surface area contributed by atoms with E-state index in [1.165, 1.54) is 0 Å². The topological polar surface area (TPSA) is 29.1 Å². The molecule has 2 aromatic rings. The molecule has 0 saturated heterocycles. The van der Waals surface area contributed by atoms with Gasteiger partial charge in [-0.1, -0.05) is 43.2 Å². The second kappa shape index (κ2) is 5.87. The van der Waals surface area contributed by atoms with Crippen molar-refractivity contribution in [1.29, 1.82) is 0 Å². The number of benzene rings is 2. The van der Waals surface area contributed by atoms with E-state index < -0.39 is 17.0 Å². The second-order valence-electron chi connectivity index (χ2n) is 5.73. The van der Waals surface area contributed by atoms with E-state index in [0.29, 0.717) is 0 Å². The van der Waals surface area contributed by atoms with Crippen LogP contribution in [0.3, 0.4) is 0 Å². The zero-order valence-corrected chi connectivity index (χ0v) is 12.1. The van der Waals surface area contributed by atoms with Crippen LogP contribution in [0.2, 0.25) is 0 Å². The van der Waals surface area contributed by atoms with E-state index in [0.717, 1.165) is 49.4 Å². The second-order valence-corrected chi connectivity index (χ2v) is 5.73. The van der Waals surface area contributed by atoms with Crippen LogP contribution in [0.1, 0.15) is 31.2 Å². The van der Waals surface area contributed by atoms with Gasteiger partial charge >= 0.3 is 0 Å². The largest absolute Gasteiger partial charge is 0.323 e. The molecule has 3 rings (SSSR count). The molecule has 1 amide bonds. The number of hydrogen-bond acceptors (Lipinski definition) is 1. The normalized spacial score (nSPS) is 16.5. The molecule has 0 aliphatic heterocycles. The highest BCUT2D eigenvalue weighted by Crippen LogP contribution is 2.42. The summed E-state index contributed by atoms with van der Waals surface area (Å²) in [6.45, 7) is 0. The lowest BCUT2D eigenvalue weighted by Gasteiger charge is -2.28. The van der Waals surface area contributed by atoms with Gasteiger partial charge in [0.1, 0.15) is 11.6 Å². The van der Waals surface area contributed by atoms with Crippen molar-refractivity contribution >= 4 is 11.6 Å². The zero-order valence-electron chi connectivity index (χ0n) is 12.1. The number of amides is 1. The third-order valence-corrected chi connectivity index (χ3v) is 4.39. The molecule has 1 aliphatic carbocycles. The Hall–Kier alpha value is -2.23. The molecule has 0 heterocycles. The SMILES string of the molecule is O=C(Nc1cc(F)ccc1F)C1(c2ccccc2)CCCC1. The first kappa shape index (κ1) is 14.7. The summed E-state index contributed by atoms with van der Waals surface area (Å²) in [5, 5.41) is 2.58. The van der Waals surface area contributed by atoms with Gasteiger partial charge in [0.2, 0.25) is 5.91 Å². The maximum Gasteiger partial charge on any atom is 0.235 e. The number of rotatable bonds is 3. The van der Waals surface area contributed by atoms with Crippen molar-refractivity contribution in [1.82, 2.24) is 0 Å². The molecular formula is C18H17F2NO. The first-order valence-corrected chi connectivity index (χ1v) is 7.44. The van der Waals surface area contributed by atoms with Crippen molar-refractivity contribution in [2.75, 3.05) is 5.32 Å². The van der Waals surface area contributed by atoms with E-state index in [-0.39, 0.29) is 11.6 Å². The molecule has 2 nitrogen and oxygen atoms in total. The fraction of sp³-hybridized carbons (Fsp3) is 0.278. The molecule has 0 unspecified atom stereocenters. The summed E-state index contributed by atoms with van der Waals surface area (Å²) < 4.78 is 27.0. The van der Waals surface area contributed by atoms with E-state index >= 15 is 0 Å². The Morgan fingerprint density at radius 3 is 2.36 bits per heavy atom. The van der Waals surface area contributed by atoms with Crippen LogP contribution in [0.25, 0.3) is 0 Å². The lowest BCUT2D eigenvalue weighted by atomic mass is 9.78. The molecule has 1 aliphatic rings. The van der Waals surface area contributed by atoms with Gasteiger partial charge in [0, 0.05) is 6.07 Å². The lowest BCUT2D eigenvalue weighted by molar-refractivity contribution is -0.121. The highest BCUT2D eigenvalue weighted by molar-refractivity contribution is 5.99. The minimum absolute atomic E-state index is 0.104. The molecular weight excluding hydrogens is 284 g/mol. The Morgan fingerprint density at radius 2 is 1.68 bits per heavy atom. The summed E-state index contributed by atoms with van der Waals surface area (Å²) in [4.78, 5) is 12.8. The summed E-state index contributed by atoms with van der Waals surface area (Å²) in [5.74, 6) is -1.46. The van der Waals surface area contributed by atoms with Crippen molar-refractivity contribution < 1.29 is 13.6 Å². The van der Waals surface area contributed by atoms with Gasteiger partial charge in [0.25, 0.3) is 0 Å². The van der Waals surface area contributed by atoms with E-state index in [9.17, 15) is 13.6 Å². The highest BCUT2D eigenvalue weighted by Gasteiger charge is 2.42. The number of anilines is 1. The highest BCUT2D eigenvalue weighted by atomic mass is 19.1. The minimum atomic E-state index is -0.653. The molecule has 1 fully saturated rings. The van der Waals surface area contributed by atoms with Crippen LogP contribution in [0.15, 0.2) is 48.5 Å². The Labute approximate surface area is 128 Å². The van der Waals surface area contributed by atoms with Crippen molar-refractivity contribution in [3.63, 3.8) is 0 Å². The van der Waals surface area contributed by atoms with Gasteiger partial charge in [-0.3, -0.25) is 4.79 Å². The molecule has 0 spiro atoms. The Morgan fingerprint density at radius 1 is 1.00 bits per heavy atom. The molecule has 4 heteroatoms. The summed E-state index contributed by atoms with van der Waals surface area (Å²) >= 11 is 0. The fourth-order valence-corrected chi connectivity index (χ4v) is 3.22. The van der Waals surface area contributed by atoms with Crippen LogP contribution in [-0.4, -0.2) is 5.91 Å². The van der Waals surface area contributed by atoms with Crippen LogP contribution >= 0.6 is 0 Å². The molecule has 114 valence electrons. The summed E-state index contributed by atoms with van der Waals surface area (Å²) in [6.07, 6.45) is 3.35. The van der Waals surface area contributed by atoms with Crippen molar-refractivity contribution in [2.45, 2.75) is 31.1 Å². The first-order chi connectivity index (χ1) is 10.6. The van der Waals surface area contributed by atoms with Crippen molar-refractivity contribution in [3.05, 3.63) is 65.7 Å². The molecule has 2 aromatic carbocycles. The third kappa shape index (κ3) is 2.61. The molecule has 0 radical (unpaired) electrons. The number of nitrogens with one attached hydrogen (secondary N) is 1. The summed E-state index contributed by atoms with van der Waals surface area (Å²) in [6, 6.07) is 12.6. The first-order valence-electron chi connectivity index (χ1n) is 7.44. The minimum Gasteiger partial charge on any atom is -0.323 e. The maximum atomic E-state index is 13.8. The third-order valence-electron chi connectivity index (χ3n) is 4.39. The summed E-state index contributed by atoms with van der Waals surface area (Å²) in [5.41, 5.74) is 0.175. The van der Waals surface area contributed by atoms with Crippen molar-refractivity contribution in [3.8, 4) is 0 Å². The zero-order chi connectivity index (χ0) is 15.6. The van der Waals surface area contributed by atoms with E-state index in [1.54, 1.807) is 0 Å².